The molecule has 1 aliphatic carbocycles. The normalized spacial score (nSPS) is 34.3. The first-order valence-electron chi connectivity index (χ1n) is 2.73. The first kappa shape index (κ1) is 3.87. The van der Waals surface area contributed by atoms with E-state index in [1.165, 1.54) is 19.4 Å². The molecule has 2 N–H and O–H groups in total. The summed E-state index contributed by atoms with van der Waals surface area (Å²) in [6, 6.07) is 0. The number of hydrazine groups is 1. The van der Waals surface area contributed by atoms with Gasteiger partial charge in [0.25, 0.3) is 0 Å². The highest BCUT2D eigenvalue weighted by molar-refractivity contribution is 5.10. The Morgan fingerprint density at radius 3 is 2.14 bits per heavy atom. The van der Waals surface area contributed by atoms with Gasteiger partial charge in [-0.2, -0.15) is 0 Å². The van der Waals surface area contributed by atoms with Gasteiger partial charge >= 0.3 is 0 Å². The van der Waals surface area contributed by atoms with Crippen LogP contribution in [0.3, 0.4) is 0 Å². The van der Waals surface area contributed by atoms with Gasteiger partial charge in [-0.25, -0.2) is 0 Å². The third-order valence-electron chi connectivity index (χ3n) is 1.85. The van der Waals surface area contributed by atoms with Gasteiger partial charge in [-0.05, 0) is 19.3 Å². The number of hydrogen-bond donors (Lipinski definition) is 2. The summed E-state index contributed by atoms with van der Waals surface area (Å²) in [6.45, 7) is 1.17. The molecule has 0 bridgehead atoms. The largest absolute Gasteiger partial charge is 0.255 e. The van der Waals surface area contributed by atoms with Gasteiger partial charge in [-0.15, -0.1) is 0 Å². The fourth-order valence-corrected chi connectivity index (χ4v) is 1.08. The highest BCUT2D eigenvalue weighted by Crippen LogP contribution is 2.32. The van der Waals surface area contributed by atoms with Crippen LogP contribution in [0.1, 0.15) is 12.8 Å². The van der Waals surface area contributed by atoms with Crippen molar-refractivity contribution in [1.82, 2.24) is 10.9 Å². The molecule has 0 unspecified atom stereocenters. The van der Waals surface area contributed by atoms with Crippen molar-refractivity contribution in [2.45, 2.75) is 18.4 Å². The molecule has 7 heavy (non-hydrogen) atoms. The lowest BCUT2D eigenvalue weighted by Crippen LogP contribution is -2.73. The molecule has 39 valence electrons. The fourth-order valence-electron chi connectivity index (χ4n) is 1.08. The lowest BCUT2D eigenvalue weighted by atomic mass is 9.75. The van der Waals surface area contributed by atoms with Gasteiger partial charge in [0, 0.05) is 12.1 Å². The molecule has 2 nitrogen and oxygen atoms in total. The number of hydrogen-bond acceptors (Lipinski definition) is 2. The average Bonchev–Trinajstić information content (AvgIpc) is 1.20. The van der Waals surface area contributed by atoms with Gasteiger partial charge in [0.15, 0.2) is 0 Å². The van der Waals surface area contributed by atoms with Crippen molar-refractivity contribution in [3.8, 4) is 0 Å². The number of rotatable bonds is 0. The summed E-state index contributed by atoms with van der Waals surface area (Å²) in [6.07, 6.45) is 4.84. The fraction of sp³-hybridized carbons (Fsp3) is 0.800. The minimum Gasteiger partial charge on any atom is -0.255 e. The summed E-state index contributed by atoms with van der Waals surface area (Å²) >= 11 is 0. The Balaban J connectivity index is 2.00. The minimum atomic E-state index is 0.528. The molecule has 2 heteroatoms. The van der Waals surface area contributed by atoms with Crippen LogP contribution in [0.25, 0.3) is 0 Å². The van der Waals surface area contributed by atoms with E-state index in [0.717, 1.165) is 0 Å². The molecule has 1 saturated heterocycles. The molecule has 0 amide bonds. The smallest absolute Gasteiger partial charge is 0.0467 e. The highest BCUT2D eigenvalue weighted by Gasteiger charge is 2.41. The quantitative estimate of drug-likeness (QED) is 0.438. The van der Waals surface area contributed by atoms with E-state index >= 15 is 0 Å². The van der Waals surface area contributed by atoms with Crippen molar-refractivity contribution in [2.75, 3.05) is 6.54 Å². The Morgan fingerprint density at radius 2 is 2.14 bits per heavy atom. The van der Waals surface area contributed by atoms with E-state index in [4.69, 9.17) is 0 Å². The van der Waals surface area contributed by atoms with Gasteiger partial charge in [-0.1, -0.05) is 0 Å². The van der Waals surface area contributed by atoms with Gasteiger partial charge in [0.1, 0.15) is 0 Å². The van der Waals surface area contributed by atoms with Crippen LogP contribution in [-0.2, 0) is 0 Å². The van der Waals surface area contributed by atoms with E-state index in [1.807, 2.05) is 0 Å². The van der Waals surface area contributed by atoms with Crippen LogP contribution < -0.4 is 10.9 Å². The molecule has 2 rings (SSSR count). The van der Waals surface area contributed by atoms with E-state index in [2.05, 4.69) is 17.3 Å². The molecule has 1 heterocycles. The van der Waals surface area contributed by atoms with E-state index in [9.17, 15) is 0 Å². The van der Waals surface area contributed by atoms with Crippen LogP contribution in [-0.4, -0.2) is 12.1 Å². The standard InChI is InChI=1S/C5H9N2/c1-2-5(3-1)4-6-7-5/h1,6-7H,2-4H2. The van der Waals surface area contributed by atoms with Gasteiger partial charge in [-0.3, -0.25) is 10.9 Å². The Morgan fingerprint density at radius 1 is 1.43 bits per heavy atom. The second-order valence-electron chi connectivity index (χ2n) is 2.46. The van der Waals surface area contributed by atoms with Gasteiger partial charge < -0.3 is 0 Å². The molecular formula is C5H9N2. The first-order valence-corrected chi connectivity index (χ1v) is 2.73. The van der Waals surface area contributed by atoms with Crippen molar-refractivity contribution >= 4 is 0 Å². The molecule has 0 aromatic carbocycles. The maximum Gasteiger partial charge on any atom is 0.0467 e. The maximum atomic E-state index is 3.18. The molecule has 1 spiro atoms. The molecule has 0 aromatic heterocycles. The predicted molar refractivity (Wildman–Crippen MR) is 27.4 cm³/mol. The van der Waals surface area contributed by atoms with Crippen LogP contribution in [0.5, 0.6) is 0 Å². The second-order valence-corrected chi connectivity index (χ2v) is 2.46. The first-order chi connectivity index (χ1) is 3.41. The summed E-state index contributed by atoms with van der Waals surface area (Å²) in [5.74, 6) is 0. The van der Waals surface area contributed by atoms with E-state index in [0.29, 0.717) is 5.54 Å². The maximum absolute atomic E-state index is 3.18. The molecule has 1 radical (unpaired) electrons. The summed E-state index contributed by atoms with van der Waals surface area (Å²) in [4.78, 5) is 0. The van der Waals surface area contributed by atoms with Gasteiger partial charge in [0.2, 0.25) is 0 Å². The van der Waals surface area contributed by atoms with Gasteiger partial charge in [0.05, 0.1) is 0 Å². The average molecular weight is 97.1 g/mol. The number of nitrogens with one attached hydrogen (secondary N) is 2. The summed E-state index contributed by atoms with van der Waals surface area (Å²) < 4.78 is 0. The zero-order valence-corrected chi connectivity index (χ0v) is 4.20. The molecule has 2 aliphatic rings. The van der Waals surface area contributed by atoms with Crippen LogP contribution in [0, 0.1) is 6.42 Å². The molecule has 1 saturated carbocycles. The zero-order valence-electron chi connectivity index (χ0n) is 4.20. The van der Waals surface area contributed by atoms with Crippen LogP contribution >= 0.6 is 0 Å². The zero-order chi connectivity index (χ0) is 4.74. The topological polar surface area (TPSA) is 24.1 Å². The Kier molecular flexibility index (Phi) is 0.557. The van der Waals surface area contributed by atoms with E-state index < -0.39 is 0 Å². The Bertz CT molecular complexity index is 66.6. The molecule has 2 fully saturated rings. The lowest BCUT2D eigenvalue weighted by molar-refractivity contribution is 0.111. The Hall–Kier alpha value is -0.0800. The molecule has 0 atom stereocenters. The lowest BCUT2D eigenvalue weighted by Gasteiger charge is -2.50. The second kappa shape index (κ2) is 1.01. The van der Waals surface area contributed by atoms with Crippen molar-refractivity contribution < 1.29 is 0 Å². The van der Waals surface area contributed by atoms with Crippen molar-refractivity contribution in [3.63, 3.8) is 0 Å². The summed E-state index contributed by atoms with van der Waals surface area (Å²) in [7, 11) is 0. The third-order valence-corrected chi connectivity index (χ3v) is 1.85. The van der Waals surface area contributed by atoms with Crippen LogP contribution in [0.4, 0.5) is 0 Å². The molecule has 1 aliphatic heterocycles. The van der Waals surface area contributed by atoms with Crippen molar-refractivity contribution in [3.05, 3.63) is 6.42 Å². The Labute approximate surface area is 43.3 Å². The monoisotopic (exact) mass is 97.1 g/mol. The SMILES string of the molecule is [CH]1CC2(C1)CNN2. The van der Waals surface area contributed by atoms with Crippen molar-refractivity contribution in [1.29, 1.82) is 0 Å². The van der Waals surface area contributed by atoms with Crippen LogP contribution in [0.15, 0.2) is 0 Å². The predicted octanol–water partition coefficient (Wildman–Crippen LogP) is -0.169. The van der Waals surface area contributed by atoms with E-state index in [1.54, 1.807) is 0 Å². The third kappa shape index (κ3) is 0.359. The molecular weight excluding hydrogens is 88.1 g/mol. The van der Waals surface area contributed by atoms with Crippen LogP contribution in [0.2, 0.25) is 0 Å². The van der Waals surface area contributed by atoms with Crippen molar-refractivity contribution in [2.24, 2.45) is 0 Å². The summed E-state index contributed by atoms with van der Waals surface area (Å²) in [5.41, 5.74) is 6.74. The van der Waals surface area contributed by atoms with E-state index in [-0.39, 0.29) is 0 Å². The highest BCUT2D eigenvalue weighted by atomic mass is 15.5. The molecule has 0 aromatic rings. The summed E-state index contributed by atoms with van der Waals surface area (Å²) in [5, 5.41) is 0. The minimum absolute atomic E-state index is 0.528.